The molecule has 1 amide bonds. The van der Waals surface area contributed by atoms with Crippen molar-refractivity contribution in [1.29, 1.82) is 0 Å². The van der Waals surface area contributed by atoms with Crippen LogP contribution in [0, 0.1) is 11.6 Å². The highest BCUT2D eigenvalue weighted by Crippen LogP contribution is 2.44. The predicted octanol–water partition coefficient (Wildman–Crippen LogP) is 5.43. The van der Waals surface area contributed by atoms with Crippen molar-refractivity contribution >= 4 is 43.6 Å². The maximum absolute atomic E-state index is 14.9. The molecule has 0 saturated carbocycles. The standard InChI is InChI=1S/C24H12F2N2O3S/c25-12-9-10-16-18(11-12)32-24(27-16)28-20(13-5-1-3-7-15(13)26)19-21(29)14-6-2-4-8-17(14)31-22(19)23(28)30/h1-11,20H/t20-/m1/s1. The first-order valence-corrected chi connectivity index (χ1v) is 10.5. The van der Waals surface area contributed by atoms with Crippen LogP contribution < -0.4 is 10.3 Å². The zero-order chi connectivity index (χ0) is 22.0. The molecule has 3 aromatic carbocycles. The van der Waals surface area contributed by atoms with E-state index < -0.39 is 29.0 Å². The molecule has 1 aliphatic heterocycles. The Balaban J connectivity index is 1.66. The van der Waals surface area contributed by atoms with E-state index in [1.54, 1.807) is 30.3 Å². The van der Waals surface area contributed by atoms with E-state index in [0.29, 0.717) is 15.6 Å². The van der Waals surface area contributed by atoms with Crippen molar-refractivity contribution in [3.8, 4) is 0 Å². The van der Waals surface area contributed by atoms with Gasteiger partial charge in [0.05, 0.1) is 21.2 Å². The normalized spacial score (nSPS) is 15.6. The molecule has 156 valence electrons. The van der Waals surface area contributed by atoms with Gasteiger partial charge in [0.25, 0.3) is 5.91 Å². The highest BCUT2D eigenvalue weighted by Gasteiger charge is 2.45. The fourth-order valence-electron chi connectivity index (χ4n) is 4.10. The van der Waals surface area contributed by atoms with E-state index in [1.807, 2.05) is 0 Å². The van der Waals surface area contributed by atoms with Gasteiger partial charge in [-0.3, -0.25) is 14.5 Å². The minimum Gasteiger partial charge on any atom is -0.450 e. The summed E-state index contributed by atoms with van der Waals surface area (Å²) in [6, 6.07) is 15.6. The van der Waals surface area contributed by atoms with Crippen molar-refractivity contribution in [2.75, 3.05) is 4.90 Å². The summed E-state index contributed by atoms with van der Waals surface area (Å²) >= 11 is 1.09. The molecule has 0 fully saturated rings. The molecule has 0 spiro atoms. The van der Waals surface area contributed by atoms with Crippen molar-refractivity contribution in [3.05, 3.63) is 105 Å². The van der Waals surface area contributed by atoms with Crippen molar-refractivity contribution in [2.24, 2.45) is 0 Å². The monoisotopic (exact) mass is 446 g/mol. The first-order chi connectivity index (χ1) is 15.5. The Bertz CT molecular complexity index is 1630. The van der Waals surface area contributed by atoms with Crippen LogP contribution in [-0.4, -0.2) is 10.9 Å². The number of thiazole rings is 1. The van der Waals surface area contributed by atoms with Gasteiger partial charge >= 0.3 is 0 Å². The largest absolute Gasteiger partial charge is 0.450 e. The first kappa shape index (κ1) is 18.8. The van der Waals surface area contributed by atoms with E-state index in [0.717, 1.165) is 11.3 Å². The first-order valence-electron chi connectivity index (χ1n) is 9.73. The second-order valence-corrected chi connectivity index (χ2v) is 8.39. The van der Waals surface area contributed by atoms with E-state index in [2.05, 4.69) is 4.98 Å². The molecular weight excluding hydrogens is 434 g/mol. The fraction of sp³-hybridized carbons (Fsp3) is 0.0417. The number of halogens is 2. The predicted molar refractivity (Wildman–Crippen MR) is 117 cm³/mol. The van der Waals surface area contributed by atoms with Crippen LogP contribution in [0.1, 0.15) is 27.7 Å². The molecule has 3 heterocycles. The Morgan fingerprint density at radius 3 is 2.59 bits per heavy atom. The summed E-state index contributed by atoms with van der Waals surface area (Å²) in [4.78, 5) is 32.6. The maximum atomic E-state index is 14.9. The number of carbonyl (C=O) groups excluding carboxylic acids is 1. The van der Waals surface area contributed by atoms with Gasteiger partial charge in [0, 0.05) is 5.56 Å². The Labute approximate surface area is 183 Å². The summed E-state index contributed by atoms with van der Waals surface area (Å²) in [5.74, 6) is -1.75. The molecule has 0 bridgehead atoms. The number of benzene rings is 3. The molecule has 5 aromatic rings. The average Bonchev–Trinajstić information content (AvgIpc) is 3.32. The van der Waals surface area contributed by atoms with E-state index in [1.165, 1.54) is 41.3 Å². The number of anilines is 1. The molecule has 8 heteroatoms. The van der Waals surface area contributed by atoms with Crippen molar-refractivity contribution in [1.82, 2.24) is 4.98 Å². The van der Waals surface area contributed by atoms with Crippen LogP contribution in [0.2, 0.25) is 0 Å². The zero-order valence-corrected chi connectivity index (χ0v) is 17.0. The van der Waals surface area contributed by atoms with Crippen LogP contribution >= 0.6 is 11.3 Å². The summed E-state index contributed by atoms with van der Waals surface area (Å²) in [5.41, 5.74) is 0.562. The molecule has 1 atom stereocenters. The molecule has 1 aliphatic rings. The number of carbonyl (C=O) groups is 1. The van der Waals surface area contributed by atoms with Crippen LogP contribution in [0.5, 0.6) is 0 Å². The van der Waals surface area contributed by atoms with Gasteiger partial charge in [-0.05, 0) is 36.4 Å². The van der Waals surface area contributed by atoms with Crippen LogP contribution in [-0.2, 0) is 0 Å². The lowest BCUT2D eigenvalue weighted by Gasteiger charge is -2.22. The van der Waals surface area contributed by atoms with Crippen LogP contribution in [0.3, 0.4) is 0 Å². The highest BCUT2D eigenvalue weighted by atomic mass is 32.1. The van der Waals surface area contributed by atoms with Crippen LogP contribution in [0.25, 0.3) is 21.2 Å². The zero-order valence-electron chi connectivity index (χ0n) is 16.2. The Hall–Kier alpha value is -3.91. The lowest BCUT2D eigenvalue weighted by atomic mass is 9.98. The van der Waals surface area contributed by atoms with Crippen LogP contribution in [0.4, 0.5) is 13.9 Å². The highest BCUT2D eigenvalue weighted by molar-refractivity contribution is 7.22. The third-order valence-electron chi connectivity index (χ3n) is 5.52. The van der Waals surface area contributed by atoms with Crippen molar-refractivity contribution in [2.45, 2.75) is 6.04 Å². The molecule has 0 saturated heterocycles. The van der Waals surface area contributed by atoms with Crippen LogP contribution in [0.15, 0.2) is 75.9 Å². The molecule has 0 radical (unpaired) electrons. The minimum absolute atomic E-state index is 0.0595. The maximum Gasteiger partial charge on any atom is 0.297 e. The lowest BCUT2D eigenvalue weighted by molar-refractivity contribution is 0.0971. The van der Waals surface area contributed by atoms with E-state index >= 15 is 0 Å². The summed E-state index contributed by atoms with van der Waals surface area (Å²) < 4.78 is 35.0. The summed E-state index contributed by atoms with van der Waals surface area (Å²) in [7, 11) is 0. The lowest BCUT2D eigenvalue weighted by Crippen LogP contribution is -2.30. The van der Waals surface area contributed by atoms with Crippen molar-refractivity contribution < 1.29 is 18.0 Å². The summed E-state index contributed by atoms with van der Waals surface area (Å²) in [5, 5.41) is 0.521. The van der Waals surface area contributed by atoms with Crippen molar-refractivity contribution in [3.63, 3.8) is 0 Å². The van der Waals surface area contributed by atoms with Gasteiger partial charge in [0.2, 0.25) is 5.76 Å². The SMILES string of the molecule is O=C1c2oc3ccccc3c(=O)c2[C@@H](c2ccccc2F)N1c1nc2ccc(F)cc2s1. The van der Waals surface area contributed by atoms with Gasteiger partial charge in [0.1, 0.15) is 23.3 Å². The second-order valence-electron chi connectivity index (χ2n) is 7.38. The third kappa shape index (κ3) is 2.63. The Morgan fingerprint density at radius 1 is 0.969 bits per heavy atom. The number of amides is 1. The minimum atomic E-state index is -1.06. The second kappa shape index (κ2) is 6.80. The molecular formula is C24H12F2N2O3S. The molecule has 0 aliphatic carbocycles. The number of rotatable bonds is 2. The number of hydrogen-bond acceptors (Lipinski definition) is 5. The van der Waals surface area contributed by atoms with E-state index in [9.17, 15) is 18.4 Å². The summed E-state index contributed by atoms with van der Waals surface area (Å²) in [6.45, 7) is 0. The smallest absolute Gasteiger partial charge is 0.297 e. The number of para-hydroxylation sites is 1. The Morgan fingerprint density at radius 2 is 1.75 bits per heavy atom. The molecule has 5 nitrogen and oxygen atoms in total. The Kier molecular flexibility index (Phi) is 4.00. The van der Waals surface area contributed by atoms with Gasteiger partial charge in [0.15, 0.2) is 10.6 Å². The molecule has 6 rings (SSSR count). The molecule has 32 heavy (non-hydrogen) atoms. The van der Waals surface area contributed by atoms with E-state index in [4.69, 9.17) is 4.42 Å². The summed E-state index contributed by atoms with van der Waals surface area (Å²) in [6.07, 6.45) is 0. The number of nitrogens with zero attached hydrogens (tertiary/aromatic N) is 2. The molecule has 2 aromatic heterocycles. The average molecular weight is 446 g/mol. The van der Waals surface area contributed by atoms with E-state index in [-0.39, 0.29) is 27.6 Å². The number of fused-ring (bicyclic) bond motifs is 3. The number of hydrogen-bond donors (Lipinski definition) is 0. The van der Waals surface area contributed by atoms with Gasteiger partial charge in [-0.15, -0.1) is 0 Å². The third-order valence-corrected chi connectivity index (χ3v) is 6.54. The quantitative estimate of drug-likeness (QED) is 0.363. The molecule has 0 unspecified atom stereocenters. The van der Waals surface area contributed by atoms with Gasteiger partial charge in [-0.2, -0.15) is 0 Å². The van der Waals surface area contributed by atoms with Gasteiger partial charge in [-0.1, -0.05) is 41.7 Å². The topological polar surface area (TPSA) is 63.4 Å². The number of aromatic nitrogens is 1. The van der Waals surface area contributed by atoms with Gasteiger partial charge < -0.3 is 4.42 Å². The molecule has 0 N–H and O–H groups in total. The van der Waals surface area contributed by atoms with Gasteiger partial charge in [-0.25, -0.2) is 13.8 Å². The fourth-order valence-corrected chi connectivity index (χ4v) is 5.11.